The Kier molecular flexibility index (Phi) is 6.59. The third-order valence-electron chi connectivity index (χ3n) is 5.78. The molecule has 0 aliphatic heterocycles. The minimum atomic E-state index is -2.13. The Morgan fingerprint density at radius 2 is 1.67 bits per heavy atom. The molecule has 1 aromatic heterocycles. The van der Waals surface area contributed by atoms with Crippen molar-refractivity contribution in [2.75, 3.05) is 5.43 Å². The van der Waals surface area contributed by atoms with Crippen molar-refractivity contribution >= 4 is 25.4 Å². The molecule has 1 atom stereocenters. The lowest BCUT2D eigenvalue weighted by atomic mass is 9.99. The molecule has 2 N–H and O–H groups in total. The first-order valence-corrected chi connectivity index (χ1v) is 13.9. The third-order valence-corrected chi connectivity index (χ3v) is 10.1. The molecule has 1 amide bonds. The summed E-state index contributed by atoms with van der Waals surface area (Å²) in [6.07, 6.45) is -1.69. The molecule has 0 radical (unpaired) electrons. The lowest BCUT2D eigenvalue weighted by Crippen LogP contribution is -2.44. The molecule has 2 aromatic carbocycles. The number of nitrogens with zero attached hydrogens (tertiary/aromatic N) is 3. The van der Waals surface area contributed by atoms with E-state index in [0.29, 0.717) is 27.9 Å². The van der Waals surface area contributed by atoms with Gasteiger partial charge in [0.1, 0.15) is 28.5 Å². The number of carbonyl (C=O) groups excluding carboxylic acids is 1. The number of benzene rings is 2. The highest BCUT2D eigenvalue weighted by molar-refractivity contribution is 6.74. The lowest BCUT2D eigenvalue weighted by Gasteiger charge is -2.37. The molecule has 33 heavy (non-hydrogen) atoms. The van der Waals surface area contributed by atoms with Crippen molar-refractivity contribution in [1.82, 2.24) is 15.1 Å². The van der Waals surface area contributed by atoms with Gasteiger partial charge in [0.05, 0.1) is 0 Å². The quantitative estimate of drug-likeness (QED) is 0.486. The van der Waals surface area contributed by atoms with Gasteiger partial charge in [-0.3, -0.25) is 0 Å². The number of amides is 1. The van der Waals surface area contributed by atoms with E-state index in [9.17, 15) is 9.90 Å². The van der Waals surface area contributed by atoms with Gasteiger partial charge in [-0.25, -0.2) is 10.2 Å². The van der Waals surface area contributed by atoms with Crippen LogP contribution in [0.25, 0.3) is 11.0 Å². The number of aromatic nitrogens is 3. The molecule has 3 aromatic rings. The standard InChI is InChI=1S/C24H34N4O4Si/c1-23(2,3)31-22(30)26-28-20-17(13-11-14-18(20)25-27-28)21(29)16-12-9-10-15-19(16)32-33(7,8)24(4,5)6/h9-15,21,29H,1-8H3,(H,26,30). The van der Waals surface area contributed by atoms with Gasteiger partial charge in [-0.05, 0) is 56.2 Å². The molecule has 8 nitrogen and oxygen atoms in total. The Bertz CT molecular complexity index is 1150. The molecule has 1 unspecified atom stereocenters. The van der Waals surface area contributed by atoms with Crippen molar-refractivity contribution < 1.29 is 19.1 Å². The first-order chi connectivity index (χ1) is 15.2. The second-order valence-corrected chi connectivity index (χ2v) is 15.4. The fourth-order valence-electron chi connectivity index (χ4n) is 3.08. The molecular formula is C24H34N4O4Si. The fourth-order valence-corrected chi connectivity index (χ4v) is 4.12. The first kappa shape index (κ1) is 24.7. The maximum atomic E-state index is 12.3. The predicted molar refractivity (Wildman–Crippen MR) is 131 cm³/mol. The molecular weight excluding hydrogens is 436 g/mol. The molecule has 3 rings (SSSR count). The van der Waals surface area contributed by atoms with E-state index in [1.54, 1.807) is 39.0 Å². The molecule has 0 saturated heterocycles. The van der Waals surface area contributed by atoms with E-state index in [4.69, 9.17) is 9.16 Å². The zero-order valence-electron chi connectivity index (χ0n) is 20.6. The summed E-state index contributed by atoms with van der Waals surface area (Å²) in [5, 5.41) is 19.6. The number of fused-ring (bicyclic) bond motifs is 1. The summed E-state index contributed by atoms with van der Waals surface area (Å²) >= 11 is 0. The zero-order chi connectivity index (χ0) is 24.6. The molecule has 0 bridgehead atoms. The van der Waals surface area contributed by atoms with Crippen molar-refractivity contribution in [3.8, 4) is 5.75 Å². The van der Waals surface area contributed by atoms with Gasteiger partial charge >= 0.3 is 6.09 Å². The van der Waals surface area contributed by atoms with E-state index < -0.39 is 26.1 Å². The molecule has 1 heterocycles. The minimum Gasteiger partial charge on any atom is -0.543 e. The lowest BCUT2D eigenvalue weighted by molar-refractivity contribution is 0.0610. The number of nitrogens with one attached hydrogen (secondary N) is 1. The molecule has 9 heteroatoms. The molecule has 0 spiro atoms. The Morgan fingerprint density at radius 1 is 1.03 bits per heavy atom. The maximum absolute atomic E-state index is 12.3. The smallest absolute Gasteiger partial charge is 0.428 e. The van der Waals surface area contributed by atoms with E-state index in [2.05, 4.69) is 49.6 Å². The molecule has 0 aliphatic carbocycles. The Labute approximate surface area is 196 Å². The van der Waals surface area contributed by atoms with Gasteiger partial charge in [-0.2, -0.15) is 0 Å². The SMILES string of the molecule is CC(C)(C)OC(=O)Nn1nnc2cccc(C(O)c3ccccc3O[Si](C)(C)C(C)(C)C)c21. The van der Waals surface area contributed by atoms with Crippen LogP contribution in [0.4, 0.5) is 4.79 Å². The Morgan fingerprint density at radius 3 is 2.30 bits per heavy atom. The van der Waals surface area contributed by atoms with Crippen molar-refractivity contribution in [1.29, 1.82) is 0 Å². The number of carbonyl (C=O) groups is 1. The predicted octanol–water partition coefficient (Wildman–Crippen LogP) is 5.38. The third kappa shape index (κ3) is 5.54. The monoisotopic (exact) mass is 470 g/mol. The van der Waals surface area contributed by atoms with Gasteiger partial charge in [0.25, 0.3) is 0 Å². The van der Waals surface area contributed by atoms with Crippen LogP contribution in [0.2, 0.25) is 18.1 Å². The summed E-state index contributed by atoms with van der Waals surface area (Å²) in [5.74, 6) is 0.646. The topological polar surface area (TPSA) is 98.5 Å². The van der Waals surface area contributed by atoms with E-state index in [-0.39, 0.29) is 5.04 Å². The summed E-state index contributed by atoms with van der Waals surface area (Å²) in [7, 11) is -2.13. The van der Waals surface area contributed by atoms with Crippen LogP contribution >= 0.6 is 0 Å². The molecule has 178 valence electrons. The van der Waals surface area contributed by atoms with E-state index in [0.717, 1.165) is 0 Å². The normalized spacial score (nSPS) is 13.6. The van der Waals surface area contributed by atoms with Crippen LogP contribution in [0.5, 0.6) is 5.75 Å². The average molecular weight is 471 g/mol. The summed E-state index contributed by atoms with van der Waals surface area (Å²) < 4.78 is 11.9. The first-order valence-electron chi connectivity index (χ1n) is 11.0. The second-order valence-electron chi connectivity index (χ2n) is 10.6. The van der Waals surface area contributed by atoms with Crippen LogP contribution in [0, 0.1) is 0 Å². The zero-order valence-corrected chi connectivity index (χ0v) is 21.6. The average Bonchev–Trinajstić information content (AvgIpc) is 3.08. The Hall–Kier alpha value is -2.91. The number of hydrogen-bond donors (Lipinski definition) is 2. The maximum Gasteiger partial charge on any atom is 0.428 e. The van der Waals surface area contributed by atoms with Gasteiger partial charge in [0, 0.05) is 11.1 Å². The van der Waals surface area contributed by atoms with Crippen LogP contribution < -0.4 is 9.85 Å². The van der Waals surface area contributed by atoms with Crippen LogP contribution in [0.15, 0.2) is 42.5 Å². The number of para-hydroxylation sites is 2. The van der Waals surface area contributed by atoms with Gasteiger partial charge < -0.3 is 14.3 Å². The van der Waals surface area contributed by atoms with E-state index in [1.807, 2.05) is 24.3 Å². The van der Waals surface area contributed by atoms with Crippen LogP contribution in [-0.2, 0) is 4.74 Å². The summed E-state index contributed by atoms with van der Waals surface area (Å²) in [6, 6.07) is 12.8. The second kappa shape index (κ2) is 8.79. The van der Waals surface area contributed by atoms with Gasteiger partial charge in [0.15, 0.2) is 0 Å². The fraction of sp³-hybridized carbons (Fsp3) is 0.458. The molecule has 0 fully saturated rings. The molecule has 0 aliphatic rings. The van der Waals surface area contributed by atoms with Crippen molar-refractivity contribution in [3.05, 3.63) is 53.6 Å². The van der Waals surface area contributed by atoms with E-state index in [1.165, 1.54) is 4.79 Å². The van der Waals surface area contributed by atoms with Crippen LogP contribution in [0.3, 0.4) is 0 Å². The van der Waals surface area contributed by atoms with Gasteiger partial charge in [0.2, 0.25) is 8.32 Å². The Balaban J connectivity index is 2.01. The van der Waals surface area contributed by atoms with Crippen LogP contribution in [0.1, 0.15) is 58.8 Å². The van der Waals surface area contributed by atoms with Crippen molar-refractivity contribution in [3.63, 3.8) is 0 Å². The number of hydrogen-bond acceptors (Lipinski definition) is 6. The van der Waals surface area contributed by atoms with Gasteiger partial charge in [-0.15, -0.1) is 9.89 Å². The highest BCUT2D eigenvalue weighted by Crippen LogP contribution is 2.40. The number of aliphatic hydroxyl groups is 1. The van der Waals surface area contributed by atoms with Crippen molar-refractivity contribution in [2.24, 2.45) is 0 Å². The van der Waals surface area contributed by atoms with Crippen molar-refractivity contribution in [2.45, 2.75) is 71.4 Å². The highest BCUT2D eigenvalue weighted by Gasteiger charge is 2.39. The van der Waals surface area contributed by atoms with E-state index >= 15 is 0 Å². The minimum absolute atomic E-state index is 0.00491. The summed E-state index contributed by atoms with van der Waals surface area (Å²) in [5.41, 5.74) is 4.12. The number of rotatable bonds is 5. The highest BCUT2D eigenvalue weighted by atomic mass is 28.4. The largest absolute Gasteiger partial charge is 0.543 e. The molecule has 0 saturated carbocycles. The number of ether oxygens (including phenoxy) is 1. The number of aliphatic hydroxyl groups excluding tert-OH is 1. The van der Waals surface area contributed by atoms with Gasteiger partial charge in [-0.1, -0.05) is 51.1 Å². The van der Waals surface area contributed by atoms with Crippen LogP contribution in [-0.4, -0.2) is 40.2 Å². The summed E-state index contributed by atoms with van der Waals surface area (Å²) in [4.78, 5) is 13.6. The summed E-state index contributed by atoms with van der Waals surface area (Å²) in [6.45, 7) is 16.2.